The number of nitrogens with zero attached hydrogens (tertiary/aromatic N) is 1. The monoisotopic (exact) mass is 318 g/mol. The summed E-state index contributed by atoms with van der Waals surface area (Å²) in [5, 5.41) is 46.6. The average molecular weight is 318 g/mol. The second kappa shape index (κ2) is 5.93. The maximum absolute atomic E-state index is 13.1. The molecule has 1 aromatic carbocycles. The van der Waals surface area contributed by atoms with Crippen molar-refractivity contribution >= 4 is 17.0 Å². The molecule has 22 heavy (non-hydrogen) atoms. The van der Waals surface area contributed by atoms with Crippen molar-refractivity contribution in [3.63, 3.8) is 0 Å². The van der Waals surface area contributed by atoms with Gasteiger partial charge in [0.25, 0.3) is 0 Å². The Labute approximate surface area is 121 Å². The molecule has 10 heteroatoms. The lowest BCUT2D eigenvalue weighted by molar-refractivity contribution is -0.163. The van der Waals surface area contributed by atoms with Gasteiger partial charge in [-0.05, 0) is 0 Å². The number of H-pyrrole nitrogens is 1. The van der Waals surface area contributed by atoms with Gasteiger partial charge in [-0.3, -0.25) is 0 Å². The zero-order valence-corrected chi connectivity index (χ0v) is 10.8. The molecule has 1 heterocycles. The second-order valence-corrected chi connectivity index (χ2v) is 4.61. The molecule has 4 atom stereocenters. The third-order valence-electron chi connectivity index (χ3n) is 3.07. The van der Waals surface area contributed by atoms with Crippen molar-refractivity contribution in [3.8, 4) is 0 Å². The lowest BCUT2D eigenvalue weighted by atomic mass is 10.0. The molecule has 120 valence electrons. The van der Waals surface area contributed by atoms with Crippen LogP contribution in [0.4, 0.5) is 8.78 Å². The number of rotatable bonds is 5. The fourth-order valence-corrected chi connectivity index (χ4v) is 1.85. The van der Waals surface area contributed by atoms with Crippen LogP contribution in [0.15, 0.2) is 12.1 Å². The zero-order chi connectivity index (χ0) is 16.6. The van der Waals surface area contributed by atoms with Crippen molar-refractivity contribution in [3.05, 3.63) is 29.6 Å². The van der Waals surface area contributed by atoms with E-state index in [4.69, 9.17) is 10.2 Å². The molecule has 0 spiro atoms. The standard InChI is InChI=1S/C12H12F2N2O6/c13-3-1-5-6(2-4(3)14)16-11(15-5)9(19)7(17)8(18)10(20)12(21)22/h1-2,7-10,17-20H,(H,15,16)(H,21,22)/t7?,8-,9?,10?/m0/s1. The van der Waals surface area contributed by atoms with E-state index in [1.54, 1.807) is 0 Å². The highest BCUT2D eigenvalue weighted by molar-refractivity contribution is 5.75. The molecule has 0 fully saturated rings. The summed E-state index contributed by atoms with van der Waals surface area (Å²) in [5.74, 6) is -4.47. The maximum Gasteiger partial charge on any atom is 0.335 e. The number of benzene rings is 1. The summed E-state index contributed by atoms with van der Waals surface area (Å²) in [6.07, 6.45) is -8.54. The quantitative estimate of drug-likeness (QED) is 0.416. The molecular weight excluding hydrogens is 306 g/mol. The predicted molar refractivity (Wildman–Crippen MR) is 66.6 cm³/mol. The molecule has 0 amide bonds. The third kappa shape index (κ3) is 2.90. The van der Waals surface area contributed by atoms with Crippen molar-refractivity contribution in [2.75, 3.05) is 0 Å². The predicted octanol–water partition coefficient (Wildman–Crippen LogP) is -0.958. The molecular formula is C12H12F2N2O6. The minimum atomic E-state index is -2.33. The van der Waals surface area contributed by atoms with Crippen molar-refractivity contribution < 1.29 is 39.1 Å². The molecule has 0 bridgehead atoms. The van der Waals surface area contributed by atoms with E-state index >= 15 is 0 Å². The number of carbonyl (C=O) groups is 1. The summed E-state index contributed by atoms with van der Waals surface area (Å²) in [5.41, 5.74) is -0.0261. The van der Waals surface area contributed by atoms with Crippen LogP contribution >= 0.6 is 0 Å². The molecule has 2 aromatic rings. The van der Waals surface area contributed by atoms with E-state index < -0.39 is 42.0 Å². The Morgan fingerprint density at radius 1 is 1.09 bits per heavy atom. The van der Waals surface area contributed by atoms with E-state index in [0.29, 0.717) is 0 Å². The van der Waals surface area contributed by atoms with E-state index in [0.717, 1.165) is 12.1 Å². The number of imidazole rings is 1. The third-order valence-corrected chi connectivity index (χ3v) is 3.07. The number of nitrogens with one attached hydrogen (secondary N) is 1. The van der Waals surface area contributed by atoms with Gasteiger partial charge >= 0.3 is 5.97 Å². The second-order valence-electron chi connectivity index (χ2n) is 4.61. The average Bonchev–Trinajstić information content (AvgIpc) is 2.87. The highest BCUT2D eigenvalue weighted by Crippen LogP contribution is 2.23. The van der Waals surface area contributed by atoms with Crippen molar-refractivity contribution in [2.45, 2.75) is 24.4 Å². The van der Waals surface area contributed by atoms with Gasteiger partial charge in [0.05, 0.1) is 11.0 Å². The first-order valence-electron chi connectivity index (χ1n) is 6.02. The van der Waals surface area contributed by atoms with E-state index in [2.05, 4.69) is 9.97 Å². The number of carboxylic acid groups (broad SMARTS) is 1. The first kappa shape index (κ1) is 16.2. The molecule has 2 rings (SSSR count). The zero-order valence-electron chi connectivity index (χ0n) is 10.8. The van der Waals surface area contributed by atoms with Crippen LogP contribution in [-0.4, -0.2) is 59.8 Å². The number of aliphatic hydroxyl groups is 4. The molecule has 3 unspecified atom stereocenters. The maximum atomic E-state index is 13.1. The summed E-state index contributed by atoms with van der Waals surface area (Å²) in [6.45, 7) is 0. The number of aliphatic hydroxyl groups excluding tert-OH is 4. The molecule has 6 N–H and O–H groups in total. The molecule has 0 aliphatic rings. The minimum Gasteiger partial charge on any atom is -0.479 e. The SMILES string of the molecule is O=C(O)C(O)[C@@H](O)C(O)C(O)c1nc2cc(F)c(F)cc2[nH]1. The van der Waals surface area contributed by atoms with Crippen molar-refractivity contribution in [1.82, 2.24) is 9.97 Å². The number of aromatic amines is 1. The van der Waals surface area contributed by atoms with Crippen LogP contribution in [0.3, 0.4) is 0 Å². The van der Waals surface area contributed by atoms with Gasteiger partial charge in [0.1, 0.15) is 24.1 Å². The largest absolute Gasteiger partial charge is 0.479 e. The molecule has 1 aromatic heterocycles. The van der Waals surface area contributed by atoms with Gasteiger partial charge in [0, 0.05) is 12.1 Å². The fourth-order valence-electron chi connectivity index (χ4n) is 1.85. The summed E-state index contributed by atoms with van der Waals surface area (Å²) >= 11 is 0. The Kier molecular flexibility index (Phi) is 4.37. The van der Waals surface area contributed by atoms with E-state index in [-0.39, 0.29) is 16.9 Å². The molecule has 0 saturated carbocycles. The van der Waals surface area contributed by atoms with Gasteiger partial charge in [-0.15, -0.1) is 0 Å². The Morgan fingerprint density at radius 3 is 2.27 bits per heavy atom. The van der Waals surface area contributed by atoms with Crippen LogP contribution < -0.4 is 0 Å². The molecule has 0 aliphatic carbocycles. The van der Waals surface area contributed by atoms with Gasteiger partial charge in [0.2, 0.25) is 0 Å². The highest BCUT2D eigenvalue weighted by Gasteiger charge is 2.36. The minimum absolute atomic E-state index is 0.0217. The summed E-state index contributed by atoms with van der Waals surface area (Å²) in [4.78, 5) is 16.6. The lowest BCUT2D eigenvalue weighted by Gasteiger charge is -2.23. The number of hydrogen-bond donors (Lipinski definition) is 6. The van der Waals surface area contributed by atoms with Crippen LogP contribution in [0.1, 0.15) is 11.9 Å². The summed E-state index contributed by atoms with van der Waals surface area (Å²) in [6, 6.07) is 1.54. The molecule has 0 saturated heterocycles. The molecule has 0 aliphatic heterocycles. The Balaban J connectivity index is 2.29. The van der Waals surface area contributed by atoms with Gasteiger partial charge in [-0.2, -0.15) is 0 Å². The normalized spacial score (nSPS) is 17.2. The van der Waals surface area contributed by atoms with Gasteiger partial charge in [-0.1, -0.05) is 0 Å². The first-order valence-corrected chi connectivity index (χ1v) is 6.02. The molecule has 0 radical (unpaired) electrons. The van der Waals surface area contributed by atoms with E-state index in [9.17, 15) is 28.9 Å². The fraction of sp³-hybridized carbons (Fsp3) is 0.333. The Bertz CT molecular complexity index is 667. The number of fused-ring (bicyclic) bond motifs is 1. The summed E-state index contributed by atoms with van der Waals surface area (Å²) in [7, 11) is 0. The van der Waals surface area contributed by atoms with Gasteiger partial charge in [0.15, 0.2) is 17.7 Å². The van der Waals surface area contributed by atoms with E-state index in [1.165, 1.54) is 0 Å². The molecule has 8 nitrogen and oxygen atoms in total. The number of hydrogen-bond acceptors (Lipinski definition) is 6. The van der Waals surface area contributed by atoms with E-state index in [1.807, 2.05) is 0 Å². The number of aliphatic carboxylic acids is 1. The smallest absolute Gasteiger partial charge is 0.335 e. The number of aromatic nitrogens is 2. The first-order chi connectivity index (χ1) is 10.2. The van der Waals surface area contributed by atoms with Crippen LogP contribution in [0.2, 0.25) is 0 Å². The topological polar surface area (TPSA) is 147 Å². The van der Waals surface area contributed by atoms with Crippen molar-refractivity contribution in [1.29, 1.82) is 0 Å². The van der Waals surface area contributed by atoms with Crippen molar-refractivity contribution in [2.24, 2.45) is 0 Å². The van der Waals surface area contributed by atoms with Crippen LogP contribution in [0.5, 0.6) is 0 Å². The summed E-state index contributed by atoms with van der Waals surface area (Å²) < 4.78 is 26.1. The van der Waals surface area contributed by atoms with Gasteiger partial charge in [-0.25, -0.2) is 18.6 Å². The highest BCUT2D eigenvalue weighted by atomic mass is 19.2. The Hall–Kier alpha value is -2.14. The number of halogens is 2. The number of carboxylic acids is 1. The van der Waals surface area contributed by atoms with Gasteiger partial charge < -0.3 is 30.5 Å². The van der Waals surface area contributed by atoms with Crippen LogP contribution in [-0.2, 0) is 4.79 Å². The lowest BCUT2D eigenvalue weighted by Crippen LogP contribution is -2.45. The Morgan fingerprint density at radius 2 is 1.68 bits per heavy atom. The van der Waals surface area contributed by atoms with Crippen LogP contribution in [0.25, 0.3) is 11.0 Å². The van der Waals surface area contributed by atoms with Crippen LogP contribution in [0, 0.1) is 11.6 Å².